The number of H-pyrrole nitrogens is 1. The van der Waals surface area contributed by atoms with Crippen LogP contribution >= 0.6 is 0 Å². The van der Waals surface area contributed by atoms with Crippen LogP contribution in [0.5, 0.6) is 5.75 Å². The van der Waals surface area contributed by atoms with Crippen LogP contribution in [0.2, 0.25) is 0 Å². The Balaban J connectivity index is 1.83. The average molecular weight is 417 g/mol. The third-order valence-corrected chi connectivity index (χ3v) is 4.59. The van der Waals surface area contributed by atoms with Gasteiger partial charge in [-0.3, -0.25) is 0 Å². The van der Waals surface area contributed by atoms with Crippen LogP contribution in [-0.2, 0) is 0 Å². The summed E-state index contributed by atoms with van der Waals surface area (Å²) in [7, 11) is 1.54. The van der Waals surface area contributed by atoms with Crippen LogP contribution in [0.15, 0.2) is 54.9 Å². The number of aromatic nitrogens is 5. The van der Waals surface area contributed by atoms with E-state index in [4.69, 9.17) is 15.5 Å². The standard InChI is InChI=1S/C22H23N7O2/c1-13(30)11-26-22-24-9-8-16(27-22)19-18(15-10-17(31-2)20(23)25-12-15)28-21(29-19)14-6-4-3-5-7-14/h3-10,12-13,30H,11H2,1-2H3,(H2,23,25)(H,28,29)(H,24,26,27)/t13-/m1/s1. The van der Waals surface area contributed by atoms with E-state index in [0.717, 1.165) is 11.1 Å². The van der Waals surface area contributed by atoms with Gasteiger partial charge in [-0.25, -0.2) is 19.9 Å². The molecule has 158 valence electrons. The number of nitrogens with two attached hydrogens (primary N) is 1. The van der Waals surface area contributed by atoms with Crippen LogP contribution in [0.25, 0.3) is 34.0 Å². The number of imidazole rings is 1. The number of benzene rings is 1. The second-order valence-electron chi connectivity index (χ2n) is 6.98. The number of methoxy groups -OCH3 is 1. The maximum Gasteiger partial charge on any atom is 0.223 e. The maximum atomic E-state index is 9.53. The van der Waals surface area contributed by atoms with Crippen LogP contribution in [0.3, 0.4) is 0 Å². The summed E-state index contributed by atoms with van der Waals surface area (Å²) in [5, 5.41) is 12.6. The molecule has 1 aromatic carbocycles. The molecule has 3 heterocycles. The molecule has 5 N–H and O–H groups in total. The van der Waals surface area contributed by atoms with Gasteiger partial charge in [-0.05, 0) is 19.1 Å². The fourth-order valence-corrected chi connectivity index (χ4v) is 3.07. The molecule has 0 saturated carbocycles. The van der Waals surface area contributed by atoms with Crippen molar-refractivity contribution in [2.75, 3.05) is 24.7 Å². The molecule has 0 aliphatic rings. The van der Waals surface area contributed by atoms with Crippen molar-refractivity contribution in [3.63, 3.8) is 0 Å². The Hall–Kier alpha value is -3.98. The molecular weight excluding hydrogens is 394 g/mol. The first kappa shape index (κ1) is 20.3. The van der Waals surface area contributed by atoms with Crippen molar-refractivity contribution in [2.45, 2.75) is 13.0 Å². The Morgan fingerprint density at radius 3 is 2.68 bits per heavy atom. The first-order valence-electron chi connectivity index (χ1n) is 9.76. The highest BCUT2D eigenvalue weighted by molar-refractivity contribution is 5.80. The van der Waals surface area contributed by atoms with E-state index in [1.165, 1.54) is 0 Å². The Morgan fingerprint density at radius 1 is 1.13 bits per heavy atom. The molecule has 0 aliphatic heterocycles. The summed E-state index contributed by atoms with van der Waals surface area (Å²) in [6, 6.07) is 13.4. The quantitative estimate of drug-likeness (QED) is 0.360. The number of nitrogens with one attached hydrogen (secondary N) is 2. The Labute approximate surface area is 179 Å². The third kappa shape index (κ3) is 4.46. The number of hydrogen-bond acceptors (Lipinski definition) is 8. The maximum absolute atomic E-state index is 9.53. The lowest BCUT2D eigenvalue weighted by molar-refractivity contribution is 0.208. The zero-order valence-corrected chi connectivity index (χ0v) is 17.2. The van der Waals surface area contributed by atoms with E-state index in [1.807, 2.05) is 30.3 Å². The van der Waals surface area contributed by atoms with Crippen molar-refractivity contribution in [3.8, 4) is 39.8 Å². The first-order chi connectivity index (χ1) is 15.0. The lowest BCUT2D eigenvalue weighted by Crippen LogP contribution is -2.16. The molecule has 4 aromatic rings. The number of aliphatic hydroxyl groups is 1. The fraction of sp³-hybridized carbons (Fsp3) is 0.182. The molecule has 0 radical (unpaired) electrons. The van der Waals surface area contributed by atoms with E-state index in [9.17, 15) is 5.11 Å². The van der Waals surface area contributed by atoms with Crippen LogP contribution in [0, 0.1) is 0 Å². The predicted octanol–water partition coefficient (Wildman–Crippen LogP) is 2.98. The van der Waals surface area contributed by atoms with Crippen LogP contribution < -0.4 is 15.8 Å². The number of ether oxygens (including phenoxy) is 1. The van der Waals surface area contributed by atoms with E-state index >= 15 is 0 Å². The summed E-state index contributed by atoms with van der Waals surface area (Å²) in [5.74, 6) is 1.87. The zero-order chi connectivity index (χ0) is 21.8. The van der Waals surface area contributed by atoms with Crippen LogP contribution in [-0.4, -0.2) is 49.8 Å². The molecule has 0 saturated heterocycles. The molecule has 0 fully saturated rings. The fourth-order valence-electron chi connectivity index (χ4n) is 3.07. The van der Waals surface area contributed by atoms with Gasteiger partial charge < -0.3 is 25.9 Å². The highest BCUT2D eigenvalue weighted by Crippen LogP contribution is 2.34. The van der Waals surface area contributed by atoms with Crippen molar-refractivity contribution < 1.29 is 9.84 Å². The van der Waals surface area contributed by atoms with E-state index in [2.05, 4.69) is 25.3 Å². The molecule has 4 rings (SSSR count). The number of hydrogen-bond donors (Lipinski definition) is 4. The SMILES string of the molecule is COc1cc(-c2nc(-c3ccccc3)[nH]c2-c2ccnc(NC[C@@H](C)O)n2)cnc1N. The Morgan fingerprint density at radius 2 is 1.94 bits per heavy atom. The summed E-state index contributed by atoms with van der Waals surface area (Å²) in [6.07, 6.45) is 2.79. The van der Waals surface area contributed by atoms with Gasteiger partial charge >= 0.3 is 0 Å². The van der Waals surface area contributed by atoms with Gasteiger partial charge in [0.2, 0.25) is 5.95 Å². The smallest absolute Gasteiger partial charge is 0.223 e. The molecule has 0 spiro atoms. The van der Waals surface area contributed by atoms with E-state index < -0.39 is 6.10 Å². The third-order valence-electron chi connectivity index (χ3n) is 4.59. The van der Waals surface area contributed by atoms with Crippen LogP contribution in [0.4, 0.5) is 11.8 Å². The van der Waals surface area contributed by atoms with E-state index in [1.54, 1.807) is 38.6 Å². The number of anilines is 2. The summed E-state index contributed by atoms with van der Waals surface area (Å²) in [6.45, 7) is 2.03. The van der Waals surface area contributed by atoms with Crippen molar-refractivity contribution in [3.05, 3.63) is 54.9 Å². The minimum atomic E-state index is -0.520. The van der Waals surface area contributed by atoms with Crippen molar-refractivity contribution in [1.29, 1.82) is 0 Å². The van der Waals surface area contributed by atoms with Gasteiger partial charge in [0.15, 0.2) is 11.6 Å². The van der Waals surface area contributed by atoms with Gasteiger partial charge in [-0.1, -0.05) is 30.3 Å². The summed E-state index contributed by atoms with van der Waals surface area (Å²) >= 11 is 0. The average Bonchev–Trinajstić information content (AvgIpc) is 3.24. The second-order valence-corrected chi connectivity index (χ2v) is 6.98. The largest absolute Gasteiger partial charge is 0.493 e. The number of nitrogens with zero attached hydrogens (tertiary/aromatic N) is 4. The number of aromatic amines is 1. The highest BCUT2D eigenvalue weighted by Gasteiger charge is 2.18. The molecule has 9 nitrogen and oxygen atoms in total. The first-order valence-corrected chi connectivity index (χ1v) is 9.76. The molecule has 3 aromatic heterocycles. The molecule has 0 bridgehead atoms. The number of pyridine rings is 1. The van der Waals surface area contributed by atoms with Gasteiger partial charge in [0, 0.05) is 30.1 Å². The van der Waals surface area contributed by atoms with Gasteiger partial charge in [-0.15, -0.1) is 0 Å². The molecular formula is C22H23N7O2. The van der Waals surface area contributed by atoms with E-state index in [0.29, 0.717) is 47.0 Å². The minimum Gasteiger partial charge on any atom is -0.493 e. The predicted molar refractivity (Wildman–Crippen MR) is 119 cm³/mol. The van der Waals surface area contributed by atoms with Gasteiger partial charge in [0.05, 0.1) is 24.6 Å². The minimum absolute atomic E-state index is 0.304. The molecule has 31 heavy (non-hydrogen) atoms. The Kier molecular flexibility index (Phi) is 5.76. The van der Waals surface area contributed by atoms with Crippen molar-refractivity contribution in [1.82, 2.24) is 24.9 Å². The molecule has 9 heteroatoms. The topological polar surface area (TPSA) is 135 Å². The number of nitrogen functional groups attached to an aromatic ring is 1. The summed E-state index contributed by atoms with van der Waals surface area (Å²) < 4.78 is 5.33. The van der Waals surface area contributed by atoms with Gasteiger partial charge in [-0.2, -0.15) is 0 Å². The van der Waals surface area contributed by atoms with Crippen LogP contribution in [0.1, 0.15) is 6.92 Å². The van der Waals surface area contributed by atoms with Gasteiger partial charge in [0.1, 0.15) is 11.5 Å². The van der Waals surface area contributed by atoms with Crippen molar-refractivity contribution >= 4 is 11.8 Å². The Bertz CT molecular complexity index is 1180. The lowest BCUT2D eigenvalue weighted by Gasteiger charge is -2.09. The summed E-state index contributed by atoms with van der Waals surface area (Å²) in [5.41, 5.74) is 9.56. The van der Waals surface area contributed by atoms with E-state index in [-0.39, 0.29) is 0 Å². The normalized spacial score (nSPS) is 11.8. The monoisotopic (exact) mass is 417 g/mol. The summed E-state index contributed by atoms with van der Waals surface area (Å²) in [4.78, 5) is 21.3. The highest BCUT2D eigenvalue weighted by atomic mass is 16.5. The second kappa shape index (κ2) is 8.80. The van der Waals surface area contributed by atoms with Crippen molar-refractivity contribution in [2.24, 2.45) is 0 Å². The number of rotatable bonds is 7. The molecule has 1 atom stereocenters. The zero-order valence-electron chi connectivity index (χ0n) is 17.2. The number of aliphatic hydroxyl groups excluding tert-OH is 1. The molecule has 0 unspecified atom stereocenters. The molecule has 0 amide bonds. The van der Waals surface area contributed by atoms with Gasteiger partial charge in [0.25, 0.3) is 0 Å². The molecule has 0 aliphatic carbocycles. The lowest BCUT2D eigenvalue weighted by atomic mass is 10.1.